The smallest absolute Gasteiger partial charge is 0.347 e. The summed E-state index contributed by atoms with van der Waals surface area (Å²) in [6.07, 6.45) is 0.960. The molecule has 0 radical (unpaired) electrons. The third kappa shape index (κ3) is 4.75. The first-order valence-corrected chi connectivity index (χ1v) is 6.84. The topological polar surface area (TPSA) is 84.9 Å². The zero-order valence-corrected chi connectivity index (χ0v) is 12.7. The highest BCUT2D eigenvalue weighted by Gasteiger charge is 2.21. The molecule has 0 saturated heterocycles. The third-order valence-electron chi connectivity index (χ3n) is 2.72. The van der Waals surface area contributed by atoms with Crippen LogP contribution in [0.1, 0.15) is 19.4 Å². The van der Waals surface area contributed by atoms with Gasteiger partial charge in [0.1, 0.15) is 0 Å². The Morgan fingerprint density at radius 1 is 1.17 bits per heavy atom. The standard InChI is InChI=1S/C15H17F2NO5/c1-3-22-14(20)9(15(21)23-4-2)7-18-12-6-5-11(16)13(17)10(12)8-19/h5-7,18-19H,3-4,8H2,1-2H3. The maximum Gasteiger partial charge on any atom is 0.347 e. The number of anilines is 1. The van der Waals surface area contributed by atoms with Gasteiger partial charge in [-0.1, -0.05) is 0 Å². The minimum absolute atomic E-state index is 0.00232. The molecule has 0 heterocycles. The van der Waals surface area contributed by atoms with Crippen LogP contribution in [0.5, 0.6) is 0 Å². The molecule has 1 rings (SSSR count). The van der Waals surface area contributed by atoms with E-state index >= 15 is 0 Å². The number of carbonyl (C=O) groups is 2. The van der Waals surface area contributed by atoms with Crippen molar-refractivity contribution in [3.05, 3.63) is 41.1 Å². The Balaban J connectivity index is 3.12. The summed E-state index contributed by atoms with van der Waals surface area (Å²) in [6, 6.07) is 2.01. The van der Waals surface area contributed by atoms with Crippen molar-refractivity contribution in [3.63, 3.8) is 0 Å². The van der Waals surface area contributed by atoms with E-state index in [9.17, 15) is 18.4 Å². The summed E-state index contributed by atoms with van der Waals surface area (Å²) < 4.78 is 36.1. The number of aliphatic hydroxyl groups excluding tert-OH is 1. The van der Waals surface area contributed by atoms with Crippen molar-refractivity contribution in [2.24, 2.45) is 0 Å². The van der Waals surface area contributed by atoms with E-state index in [1.54, 1.807) is 13.8 Å². The lowest BCUT2D eigenvalue weighted by Crippen LogP contribution is -2.19. The van der Waals surface area contributed by atoms with E-state index in [2.05, 4.69) is 5.32 Å². The van der Waals surface area contributed by atoms with Crippen LogP contribution in [0.25, 0.3) is 0 Å². The minimum Gasteiger partial charge on any atom is -0.462 e. The van der Waals surface area contributed by atoms with Gasteiger partial charge in [-0.2, -0.15) is 0 Å². The number of benzene rings is 1. The Bertz CT molecular complexity index is 596. The Labute approximate surface area is 131 Å². The normalized spacial score (nSPS) is 9.96. The van der Waals surface area contributed by atoms with Crippen molar-refractivity contribution in [3.8, 4) is 0 Å². The van der Waals surface area contributed by atoms with E-state index in [1.165, 1.54) is 0 Å². The van der Waals surface area contributed by atoms with Crippen molar-refractivity contribution in [1.82, 2.24) is 0 Å². The van der Waals surface area contributed by atoms with Gasteiger partial charge < -0.3 is 19.9 Å². The van der Waals surface area contributed by atoms with Crippen LogP contribution in [-0.4, -0.2) is 30.3 Å². The first kappa shape index (κ1) is 18.6. The van der Waals surface area contributed by atoms with Gasteiger partial charge >= 0.3 is 11.9 Å². The molecule has 0 aromatic heterocycles. The molecule has 0 bridgehead atoms. The maximum atomic E-state index is 13.6. The second kappa shape index (κ2) is 8.84. The summed E-state index contributed by atoms with van der Waals surface area (Å²) in [7, 11) is 0. The lowest BCUT2D eigenvalue weighted by Gasteiger charge is -2.11. The molecule has 0 aliphatic rings. The van der Waals surface area contributed by atoms with Crippen LogP contribution in [0.3, 0.4) is 0 Å². The fraction of sp³-hybridized carbons (Fsp3) is 0.333. The number of halogens is 2. The summed E-state index contributed by atoms with van der Waals surface area (Å²) in [5.74, 6) is -4.20. The molecule has 23 heavy (non-hydrogen) atoms. The fourth-order valence-corrected chi connectivity index (χ4v) is 1.65. The molecule has 0 aliphatic heterocycles. The van der Waals surface area contributed by atoms with Crippen LogP contribution in [0.4, 0.5) is 14.5 Å². The van der Waals surface area contributed by atoms with E-state index in [0.29, 0.717) is 0 Å². The number of carbonyl (C=O) groups excluding carboxylic acids is 2. The van der Waals surface area contributed by atoms with Crippen LogP contribution >= 0.6 is 0 Å². The van der Waals surface area contributed by atoms with Gasteiger partial charge in [0, 0.05) is 17.5 Å². The second-order valence-corrected chi connectivity index (χ2v) is 4.19. The lowest BCUT2D eigenvalue weighted by atomic mass is 10.1. The van der Waals surface area contributed by atoms with Gasteiger partial charge in [0.15, 0.2) is 17.2 Å². The zero-order chi connectivity index (χ0) is 17.4. The highest BCUT2D eigenvalue weighted by atomic mass is 19.2. The Kier molecular flexibility index (Phi) is 7.14. The van der Waals surface area contributed by atoms with Crippen molar-refractivity contribution in [2.75, 3.05) is 18.5 Å². The predicted octanol–water partition coefficient (Wildman–Crippen LogP) is 1.88. The average molecular weight is 329 g/mol. The van der Waals surface area contributed by atoms with E-state index in [0.717, 1.165) is 18.3 Å². The van der Waals surface area contributed by atoms with Crippen LogP contribution < -0.4 is 5.32 Å². The largest absolute Gasteiger partial charge is 0.462 e. The van der Waals surface area contributed by atoms with Gasteiger partial charge in [-0.05, 0) is 26.0 Å². The quantitative estimate of drug-likeness (QED) is 0.344. The van der Waals surface area contributed by atoms with Gasteiger partial charge in [-0.3, -0.25) is 0 Å². The van der Waals surface area contributed by atoms with Crippen LogP contribution in [0.2, 0.25) is 0 Å². The molecule has 2 N–H and O–H groups in total. The highest BCUT2D eigenvalue weighted by molar-refractivity contribution is 6.14. The van der Waals surface area contributed by atoms with Gasteiger partial charge in [0.2, 0.25) is 0 Å². The number of ether oxygens (including phenoxy) is 2. The highest BCUT2D eigenvalue weighted by Crippen LogP contribution is 2.22. The first-order chi connectivity index (χ1) is 11.0. The summed E-state index contributed by atoms with van der Waals surface area (Å²) in [6.45, 7) is 2.44. The summed E-state index contributed by atoms with van der Waals surface area (Å²) in [5.41, 5.74) is -0.784. The molecule has 0 aliphatic carbocycles. The third-order valence-corrected chi connectivity index (χ3v) is 2.72. The van der Waals surface area contributed by atoms with E-state index < -0.39 is 35.8 Å². The number of hydrogen-bond acceptors (Lipinski definition) is 6. The van der Waals surface area contributed by atoms with Crippen molar-refractivity contribution in [1.29, 1.82) is 0 Å². The minimum atomic E-state index is -1.22. The molecule has 1 aromatic rings. The average Bonchev–Trinajstić information content (AvgIpc) is 2.51. The Morgan fingerprint density at radius 3 is 2.22 bits per heavy atom. The fourth-order valence-electron chi connectivity index (χ4n) is 1.65. The lowest BCUT2D eigenvalue weighted by molar-refractivity contribution is -0.146. The predicted molar refractivity (Wildman–Crippen MR) is 77.3 cm³/mol. The summed E-state index contributed by atoms with van der Waals surface area (Å²) in [5, 5.41) is 11.6. The van der Waals surface area contributed by atoms with E-state index in [-0.39, 0.29) is 24.5 Å². The number of nitrogens with one attached hydrogen (secondary N) is 1. The van der Waals surface area contributed by atoms with Gasteiger partial charge in [0.05, 0.1) is 19.8 Å². The van der Waals surface area contributed by atoms with Gasteiger partial charge in [-0.25, -0.2) is 18.4 Å². The maximum absolute atomic E-state index is 13.6. The number of hydrogen-bond donors (Lipinski definition) is 2. The molecule has 0 amide bonds. The van der Waals surface area contributed by atoms with Gasteiger partial charge in [0.25, 0.3) is 0 Å². The molecule has 1 aromatic carbocycles. The number of esters is 2. The Morgan fingerprint density at radius 2 is 1.74 bits per heavy atom. The molecular formula is C15H17F2NO5. The first-order valence-electron chi connectivity index (χ1n) is 6.84. The molecule has 6 nitrogen and oxygen atoms in total. The number of aliphatic hydroxyl groups is 1. The Hall–Kier alpha value is -2.48. The summed E-state index contributed by atoms with van der Waals surface area (Å²) >= 11 is 0. The van der Waals surface area contributed by atoms with Gasteiger partial charge in [-0.15, -0.1) is 0 Å². The van der Waals surface area contributed by atoms with Crippen LogP contribution in [0.15, 0.2) is 23.9 Å². The number of rotatable bonds is 7. The zero-order valence-electron chi connectivity index (χ0n) is 12.7. The van der Waals surface area contributed by atoms with E-state index in [4.69, 9.17) is 14.6 Å². The van der Waals surface area contributed by atoms with Crippen molar-refractivity contribution < 1.29 is 33.0 Å². The molecule has 0 saturated carbocycles. The molecule has 0 fully saturated rings. The van der Waals surface area contributed by atoms with Crippen LogP contribution in [-0.2, 0) is 25.7 Å². The van der Waals surface area contributed by atoms with E-state index in [1.807, 2.05) is 0 Å². The molecular weight excluding hydrogens is 312 g/mol. The van der Waals surface area contributed by atoms with Crippen molar-refractivity contribution in [2.45, 2.75) is 20.5 Å². The molecule has 0 spiro atoms. The molecule has 0 atom stereocenters. The monoisotopic (exact) mass is 329 g/mol. The molecule has 126 valence electrons. The van der Waals surface area contributed by atoms with Crippen LogP contribution in [0, 0.1) is 11.6 Å². The van der Waals surface area contributed by atoms with Crippen molar-refractivity contribution >= 4 is 17.6 Å². The second-order valence-electron chi connectivity index (χ2n) is 4.19. The SMILES string of the molecule is CCOC(=O)C(=CNc1ccc(F)c(F)c1CO)C(=O)OCC. The summed E-state index contributed by atoms with van der Waals surface area (Å²) in [4.78, 5) is 23.5. The molecule has 8 heteroatoms. The molecule has 0 unspecified atom stereocenters.